The van der Waals surface area contributed by atoms with E-state index in [2.05, 4.69) is 6.92 Å². The van der Waals surface area contributed by atoms with Crippen LogP contribution in [0.3, 0.4) is 0 Å². The van der Waals surface area contributed by atoms with Gasteiger partial charge in [-0.1, -0.05) is 6.92 Å². The normalized spacial score (nSPS) is 13.2. The molecule has 0 radical (unpaired) electrons. The molecule has 3 heteroatoms. The maximum absolute atomic E-state index is 9.44. The van der Waals surface area contributed by atoms with Gasteiger partial charge >= 0.3 is 0 Å². The van der Waals surface area contributed by atoms with Crippen molar-refractivity contribution in [3.63, 3.8) is 0 Å². The van der Waals surface area contributed by atoms with Crippen LogP contribution in [0.4, 0.5) is 0 Å². The van der Waals surface area contributed by atoms with Crippen LogP contribution in [0.2, 0.25) is 0 Å². The van der Waals surface area contributed by atoms with Gasteiger partial charge in [-0.2, -0.15) is 0 Å². The number of hydrogen-bond acceptors (Lipinski definition) is 3. The molecule has 1 N–H and O–H groups in total. The van der Waals surface area contributed by atoms with Gasteiger partial charge in [0.25, 0.3) is 0 Å². The van der Waals surface area contributed by atoms with Crippen LogP contribution in [-0.2, 0) is 9.47 Å². The van der Waals surface area contributed by atoms with E-state index in [1.165, 1.54) is 0 Å². The predicted molar refractivity (Wildman–Crippen MR) is 52.8 cm³/mol. The molecule has 0 saturated carbocycles. The maximum atomic E-state index is 9.44. The molecule has 0 aliphatic carbocycles. The highest BCUT2D eigenvalue weighted by Crippen LogP contribution is 2.02. The third-order valence-corrected chi connectivity index (χ3v) is 1.83. The van der Waals surface area contributed by atoms with E-state index in [1.54, 1.807) is 7.11 Å². The maximum Gasteiger partial charge on any atom is 0.0563 e. The van der Waals surface area contributed by atoms with E-state index in [9.17, 15) is 5.11 Å². The van der Waals surface area contributed by atoms with Gasteiger partial charge in [0.1, 0.15) is 0 Å². The highest BCUT2D eigenvalue weighted by molar-refractivity contribution is 4.54. The van der Waals surface area contributed by atoms with E-state index in [1.807, 2.05) is 0 Å². The number of aliphatic hydroxyl groups is 1. The van der Waals surface area contributed by atoms with E-state index in [0.29, 0.717) is 6.61 Å². The van der Waals surface area contributed by atoms with Crippen molar-refractivity contribution < 1.29 is 14.6 Å². The molecular formula is C10H22O3. The molecule has 0 heterocycles. The molecule has 0 aromatic rings. The summed E-state index contributed by atoms with van der Waals surface area (Å²) in [6, 6.07) is 0. The molecule has 0 bridgehead atoms. The number of rotatable bonds is 9. The zero-order chi connectivity index (χ0) is 9.94. The molecule has 3 nitrogen and oxygen atoms in total. The Bertz CT molecular complexity index is 96.2. The molecule has 0 saturated heterocycles. The fraction of sp³-hybridized carbons (Fsp3) is 1.00. The van der Waals surface area contributed by atoms with Gasteiger partial charge < -0.3 is 14.6 Å². The van der Waals surface area contributed by atoms with Gasteiger partial charge in [-0.25, -0.2) is 0 Å². The topological polar surface area (TPSA) is 38.7 Å². The minimum Gasteiger partial charge on any atom is -0.393 e. The van der Waals surface area contributed by atoms with E-state index < -0.39 is 0 Å². The van der Waals surface area contributed by atoms with Crippen molar-refractivity contribution in [2.75, 3.05) is 26.9 Å². The molecule has 0 aliphatic heterocycles. The Labute approximate surface area is 81.0 Å². The van der Waals surface area contributed by atoms with Crippen molar-refractivity contribution in [1.82, 2.24) is 0 Å². The predicted octanol–water partition coefficient (Wildman–Crippen LogP) is 1.59. The number of ether oxygens (including phenoxy) is 2. The number of aliphatic hydroxyl groups excluding tert-OH is 1. The van der Waals surface area contributed by atoms with Gasteiger partial charge in [-0.3, -0.25) is 0 Å². The molecule has 1 atom stereocenters. The third-order valence-electron chi connectivity index (χ3n) is 1.83. The van der Waals surface area contributed by atoms with Crippen LogP contribution in [0.1, 0.15) is 32.6 Å². The Morgan fingerprint density at radius 1 is 1.15 bits per heavy atom. The highest BCUT2D eigenvalue weighted by Gasteiger charge is 2.02. The van der Waals surface area contributed by atoms with Crippen LogP contribution >= 0.6 is 0 Å². The second kappa shape index (κ2) is 9.96. The monoisotopic (exact) mass is 190 g/mol. The Kier molecular flexibility index (Phi) is 9.87. The Morgan fingerprint density at radius 2 is 1.92 bits per heavy atom. The molecule has 13 heavy (non-hydrogen) atoms. The van der Waals surface area contributed by atoms with Gasteiger partial charge in [0.2, 0.25) is 0 Å². The zero-order valence-electron chi connectivity index (χ0n) is 8.79. The summed E-state index contributed by atoms with van der Waals surface area (Å²) in [5.74, 6) is 0. The molecule has 80 valence electrons. The molecule has 0 aromatic heterocycles. The molecule has 1 unspecified atom stereocenters. The van der Waals surface area contributed by atoms with Crippen molar-refractivity contribution in [2.45, 2.75) is 38.7 Å². The van der Waals surface area contributed by atoms with Crippen molar-refractivity contribution >= 4 is 0 Å². The van der Waals surface area contributed by atoms with Crippen LogP contribution in [0.15, 0.2) is 0 Å². The molecule has 0 aliphatic rings. The first-order valence-corrected chi connectivity index (χ1v) is 5.06. The zero-order valence-corrected chi connectivity index (χ0v) is 8.79. The summed E-state index contributed by atoms with van der Waals surface area (Å²) in [4.78, 5) is 0. The highest BCUT2D eigenvalue weighted by atomic mass is 16.5. The molecule has 0 spiro atoms. The number of methoxy groups -OCH3 is 1. The van der Waals surface area contributed by atoms with Crippen LogP contribution < -0.4 is 0 Å². The first-order chi connectivity index (χ1) is 6.31. The van der Waals surface area contributed by atoms with Gasteiger partial charge in [0.15, 0.2) is 0 Å². The van der Waals surface area contributed by atoms with Crippen LogP contribution in [0, 0.1) is 0 Å². The summed E-state index contributed by atoms with van der Waals surface area (Å²) in [6.07, 6.45) is 3.28. The quantitative estimate of drug-likeness (QED) is 0.561. The number of hydrogen-bond donors (Lipinski definition) is 1. The first-order valence-electron chi connectivity index (χ1n) is 5.06. The lowest BCUT2D eigenvalue weighted by molar-refractivity contribution is 0.0724. The van der Waals surface area contributed by atoms with Crippen molar-refractivity contribution in [1.29, 1.82) is 0 Å². The van der Waals surface area contributed by atoms with E-state index >= 15 is 0 Å². The minimum absolute atomic E-state index is 0.230. The lowest BCUT2D eigenvalue weighted by atomic mass is 10.1. The van der Waals surface area contributed by atoms with Crippen LogP contribution in [0.25, 0.3) is 0 Å². The largest absolute Gasteiger partial charge is 0.393 e. The summed E-state index contributed by atoms with van der Waals surface area (Å²) in [6.45, 7) is 4.27. The van der Waals surface area contributed by atoms with E-state index in [4.69, 9.17) is 9.47 Å². The SMILES string of the molecule is CCCOCCC(O)CCCOC. The Balaban J connectivity index is 3.05. The molecule has 0 aromatic carbocycles. The van der Waals surface area contributed by atoms with Gasteiger partial charge in [-0.15, -0.1) is 0 Å². The summed E-state index contributed by atoms with van der Waals surface area (Å²) in [5.41, 5.74) is 0. The fourth-order valence-electron chi connectivity index (χ4n) is 1.07. The second-order valence-corrected chi connectivity index (χ2v) is 3.19. The van der Waals surface area contributed by atoms with Crippen molar-refractivity contribution in [2.24, 2.45) is 0 Å². The third kappa shape index (κ3) is 9.80. The Hall–Kier alpha value is -0.120. The van der Waals surface area contributed by atoms with Crippen LogP contribution in [0.5, 0.6) is 0 Å². The summed E-state index contributed by atoms with van der Waals surface area (Å²) < 4.78 is 10.2. The smallest absolute Gasteiger partial charge is 0.0563 e. The van der Waals surface area contributed by atoms with E-state index in [-0.39, 0.29) is 6.10 Å². The average Bonchev–Trinajstić information content (AvgIpc) is 2.13. The molecule has 0 rings (SSSR count). The first kappa shape index (κ1) is 12.9. The van der Waals surface area contributed by atoms with Gasteiger partial charge in [-0.05, 0) is 25.7 Å². The average molecular weight is 190 g/mol. The van der Waals surface area contributed by atoms with Gasteiger partial charge in [0, 0.05) is 26.9 Å². The standard InChI is InChI=1S/C10H22O3/c1-3-7-13-9-6-10(11)5-4-8-12-2/h10-11H,3-9H2,1-2H3. The van der Waals surface area contributed by atoms with Crippen molar-refractivity contribution in [3.8, 4) is 0 Å². The lowest BCUT2D eigenvalue weighted by Gasteiger charge is -2.09. The lowest BCUT2D eigenvalue weighted by Crippen LogP contribution is -2.11. The van der Waals surface area contributed by atoms with Crippen molar-refractivity contribution in [3.05, 3.63) is 0 Å². The second-order valence-electron chi connectivity index (χ2n) is 3.19. The molecule has 0 fully saturated rings. The summed E-state index contributed by atoms with van der Waals surface area (Å²) >= 11 is 0. The van der Waals surface area contributed by atoms with Gasteiger partial charge in [0.05, 0.1) is 6.10 Å². The fourth-order valence-corrected chi connectivity index (χ4v) is 1.07. The summed E-state index contributed by atoms with van der Waals surface area (Å²) in [5, 5.41) is 9.44. The van der Waals surface area contributed by atoms with E-state index in [0.717, 1.165) is 38.9 Å². The Morgan fingerprint density at radius 3 is 2.54 bits per heavy atom. The minimum atomic E-state index is -0.230. The summed E-state index contributed by atoms with van der Waals surface area (Å²) in [7, 11) is 1.68. The molecule has 0 amide bonds. The molecular weight excluding hydrogens is 168 g/mol. The van der Waals surface area contributed by atoms with Crippen LogP contribution in [-0.4, -0.2) is 38.1 Å².